The second-order valence-corrected chi connectivity index (χ2v) is 10.2. The average Bonchev–Trinajstić information content (AvgIpc) is 2.80. The molecule has 0 amide bonds. The summed E-state index contributed by atoms with van der Waals surface area (Å²) in [5, 5.41) is 0.811. The molecule has 6 nitrogen and oxygen atoms in total. The van der Waals surface area contributed by atoms with Crippen LogP contribution in [0.25, 0.3) is 10.9 Å². The number of rotatable bonds is 6. The lowest BCUT2D eigenvalue weighted by Gasteiger charge is -2.36. The second-order valence-electron chi connectivity index (χ2n) is 8.25. The molecule has 0 radical (unpaired) electrons. The minimum absolute atomic E-state index is 0.256. The van der Waals surface area contributed by atoms with Crippen molar-refractivity contribution in [3.8, 4) is 5.75 Å². The van der Waals surface area contributed by atoms with Crippen molar-refractivity contribution in [3.05, 3.63) is 53.7 Å². The van der Waals surface area contributed by atoms with Gasteiger partial charge in [-0.05, 0) is 68.8 Å². The first-order valence-electron chi connectivity index (χ1n) is 11.2. The topological polar surface area (TPSA) is 62.7 Å². The summed E-state index contributed by atoms with van der Waals surface area (Å²) in [4.78, 5) is 9.66. The number of ether oxygens (including phenoxy) is 1. The first-order valence-corrected chi connectivity index (χ1v) is 12.7. The number of piperazine rings is 1. The van der Waals surface area contributed by atoms with Crippen molar-refractivity contribution in [2.24, 2.45) is 0 Å². The van der Waals surface area contributed by atoms with E-state index in [4.69, 9.17) is 4.74 Å². The van der Waals surface area contributed by atoms with Gasteiger partial charge in [-0.1, -0.05) is 13.0 Å². The van der Waals surface area contributed by atoms with Crippen molar-refractivity contribution in [2.45, 2.75) is 37.5 Å². The number of aryl methyl sites for hydroxylation is 2. The van der Waals surface area contributed by atoms with Gasteiger partial charge in [0.25, 0.3) is 0 Å². The third-order valence-corrected chi connectivity index (χ3v) is 8.05. The third kappa shape index (κ3) is 4.19. The van der Waals surface area contributed by atoms with Crippen LogP contribution in [0.5, 0.6) is 5.75 Å². The number of likely N-dealkylation sites (N-methyl/N-ethyl adjacent to an activating group) is 1. The molecule has 0 aliphatic carbocycles. The first-order chi connectivity index (χ1) is 15.3. The van der Waals surface area contributed by atoms with Gasteiger partial charge in [0.1, 0.15) is 10.6 Å². The zero-order valence-corrected chi connectivity index (χ0v) is 20.1. The Kier molecular flexibility index (Phi) is 6.40. The summed E-state index contributed by atoms with van der Waals surface area (Å²) in [5.74, 6) is 0.718. The van der Waals surface area contributed by atoms with E-state index in [1.54, 1.807) is 12.1 Å². The number of hydrogen-bond acceptors (Lipinski definition) is 6. The molecule has 32 heavy (non-hydrogen) atoms. The summed E-state index contributed by atoms with van der Waals surface area (Å²) in [6.07, 6.45) is 1.52. The Labute approximate surface area is 190 Å². The predicted molar refractivity (Wildman–Crippen MR) is 129 cm³/mol. The van der Waals surface area contributed by atoms with Gasteiger partial charge in [-0.2, -0.15) is 0 Å². The largest absolute Gasteiger partial charge is 0.494 e. The quantitative estimate of drug-likeness (QED) is 0.557. The number of hydrogen-bond donors (Lipinski definition) is 0. The summed E-state index contributed by atoms with van der Waals surface area (Å²) in [6, 6.07) is 11.0. The van der Waals surface area contributed by atoms with Gasteiger partial charge in [-0.25, -0.2) is 8.42 Å². The van der Waals surface area contributed by atoms with E-state index < -0.39 is 9.84 Å². The standard InChI is InChI=1S/C25H31N3O3S/c1-5-27-11-13-28(14-12-27)25-22-16-20(31-6-2)8-10-23(22)26-17-24(25)32(29,30)21-9-7-18(3)19(4)15-21/h7-10,15-17H,5-6,11-14H2,1-4H3. The zero-order chi connectivity index (χ0) is 22.9. The Hall–Kier alpha value is -2.64. The normalized spacial score (nSPS) is 15.3. The van der Waals surface area contributed by atoms with Crippen molar-refractivity contribution in [2.75, 3.05) is 44.2 Å². The average molecular weight is 454 g/mol. The van der Waals surface area contributed by atoms with Crippen LogP contribution in [0.1, 0.15) is 25.0 Å². The lowest BCUT2D eigenvalue weighted by atomic mass is 10.1. The Morgan fingerprint density at radius 1 is 0.969 bits per heavy atom. The second kappa shape index (κ2) is 9.08. The number of sulfone groups is 1. The first kappa shape index (κ1) is 22.6. The van der Waals surface area contributed by atoms with Crippen molar-refractivity contribution in [3.63, 3.8) is 0 Å². The van der Waals surface area contributed by atoms with Crippen LogP contribution in [0.4, 0.5) is 5.69 Å². The lowest BCUT2D eigenvalue weighted by Crippen LogP contribution is -2.46. The van der Waals surface area contributed by atoms with Crippen LogP contribution in [-0.4, -0.2) is 57.6 Å². The molecule has 2 heterocycles. The Morgan fingerprint density at radius 3 is 2.38 bits per heavy atom. The van der Waals surface area contributed by atoms with Crippen molar-refractivity contribution >= 4 is 26.4 Å². The fourth-order valence-electron chi connectivity index (χ4n) is 4.21. The maximum Gasteiger partial charge on any atom is 0.210 e. The molecule has 0 atom stereocenters. The summed E-state index contributed by atoms with van der Waals surface area (Å²) < 4.78 is 33.4. The summed E-state index contributed by atoms with van der Waals surface area (Å²) >= 11 is 0. The van der Waals surface area contributed by atoms with Crippen molar-refractivity contribution < 1.29 is 13.2 Å². The zero-order valence-electron chi connectivity index (χ0n) is 19.3. The van der Waals surface area contributed by atoms with E-state index in [2.05, 4.69) is 21.7 Å². The van der Waals surface area contributed by atoms with Crippen LogP contribution >= 0.6 is 0 Å². The molecular weight excluding hydrogens is 422 g/mol. The van der Waals surface area contributed by atoms with Crippen LogP contribution in [0, 0.1) is 13.8 Å². The molecular formula is C25H31N3O3S. The summed E-state index contributed by atoms with van der Waals surface area (Å²) in [6.45, 7) is 12.9. The van der Waals surface area contributed by atoms with Crippen molar-refractivity contribution in [1.82, 2.24) is 9.88 Å². The van der Waals surface area contributed by atoms with Gasteiger partial charge >= 0.3 is 0 Å². The number of anilines is 1. The molecule has 1 aliphatic rings. The Morgan fingerprint density at radius 2 is 1.72 bits per heavy atom. The molecule has 1 aliphatic heterocycles. The van der Waals surface area contributed by atoms with Gasteiger partial charge in [0, 0.05) is 37.8 Å². The molecule has 0 unspecified atom stereocenters. The lowest BCUT2D eigenvalue weighted by molar-refractivity contribution is 0.271. The fourth-order valence-corrected chi connectivity index (χ4v) is 5.73. The molecule has 0 bridgehead atoms. The van der Waals surface area contributed by atoms with Crippen LogP contribution in [0.15, 0.2) is 52.4 Å². The van der Waals surface area contributed by atoms with E-state index in [0.29, 0.717) is 11.5 Å². The van der Waals surface area contributed by atoms with Gasteiger partial charge in [-0.15, -0.1) is 0 Å². The van der Waals surface area contributed by atoms with Crippen LogP contribution in [0.3, 0.4) is 0 Å². The molecule has 0 N–H and O–H groups in total. The van der Waals surface area contributed by atoms with E-state index in [0.717, 1.165) is 66.2 Å². The molecule has 1 saturated heterocycles. The van der Waals surface area contributed by atoms with E-state index in [-0.39, 0.29) is 4.90 Å². The predicted octanol–water partition coefficient (Wildman–Crippen LogP) is 4.23. The molecule has 0 saturated carbocycles. The summed E-state index contributed by atoms with van der Waals surface area (Å²) in [5.41, 5.74) is 3.51. The molecule has 2 aromatic carbocycles. The number of nitrogens with zero attached hydrogens (tertiary/aromatic N) is 3. The number of pyridine rings is 1. The van der Waals surface area contributed by atoms with E-state index >= 15 is 0 Å². The number of aromatic nitrogens is 1. The smallest absolute Gasteiger partial charge is 0.210 e. The molecule has 0 spiro atoms. The van der Waals surface area contributed by atoms with Crippen LogP contribution in [-0.2, 0) is 9.84 Å². The van der Waals surface area contributed by atoms with E-state index in [1.807, 2.05) is 45.0 Å². The molecule has 1 aromatic heterocycles. The molecule has 3 aromatic rings. The minimum Gasteiger partial charge on any atom is -0.494 e. The molecule has 1 fully saturated rings. The number of benzene rings is 2. The van der Waals surface area contributed by atoms with Crippen LogP contribution < -0.4 is 9.64 Å². The van der Waals surface area contributed by atoms with Gasteiger partial charge in [0.05, 0.1) is 22.7 Å². The number of fused-ring (bicyclic) bond motifs is 1. The molecule has 170 valence electrons. The van der Waals surface area contributed by atoms with E-state index in [1.165, 1.54) is 6.20 Å². The van der Waals surface area contributed by atoms with Crippen molar-refractivity contribution in [1.29, 1.82) is 0 Å². The third-order valence-electron chi connectivity index (χ3n) is 6.30. The van der Waals surface area contributed by atoms with E-state index in [9.17, 15) is 8.42 Å². The highest BCUT2D eigenvalue weighted by molar-refractivity contribution is 7.91. The Bertz CT molecular complexity index is 1230. The summed E-state index contributed by atoms with van der Waals surface area (Å²) in [7, 11) is -3.75. The maximum absolute atomic E-state index is 13.8. The van der Waals surface area contributed by atoms with Gasteiger partial charge in [0.15, 0.2) is 0 Å². The van der Waals surface area contributed by atoms with Gasteiger partial charge < -0.3 is 14.5 Å². The van der Waals surface area contributed by atoms with Gasteiger partial charge in [-0.3, -0.25) is 4.98 Å². The SMILES string of the molecule is CCOc1ccc2ncc(S(=O)(=O)c3ccc(C)c(C)c3)c(N3CCN(CC)CC3)c2c1. The van der Waals surface area contributed by atoms with Gasteiger partial charge in [0.2, 0.25) is 9.84 Å². The highest BCUT2D eigenvalue weighted by Gasteiger charge is 2.29. The minimum atomic E-state index is -3.75. The fraction of sp³-hybridized carbons (Fsp3) is 0.400. The maximum atomic E-state index is 13.8. The highest BCUT2D eigenvalue weighted by Crippen LogP contribution is 2.38. The van der Waals surface area contributed by atoms with Crippen LogP contribution in [0.2, 0.25) is 0 Å². The highest BCUT2D eigenvalue weighted by atomic mass is 32.2. The molecule has 7 heteroatoms. The Balaban J connectivity index is 1.92. The molecule has 4 rings (SSSR count). The monoisotopic (exact) mass is 453 g/mol.